The number of hydrogen-bond donors (Lipinski definition) is 0. The first kappa shape index (κ1) is 7.24. The second-order valence-electron chi connectivity index (χ2n) is 1.72. The van der Waals surface area contributed by atoms with Crippen LogP contribution in [0.2, 0.25) is 0 Å². The molecule has 0 spiro atoms. The first-order chi connectivity index (χ1) is 4.34. The Labute approximate surface area is 57.6 Å². The fraction of sp³-hybridized carbons (Fsp3) is 1.00. The van der Waals surface area contributed by atoms with Gasteiger partial charge in [-0.05, 0) is 0 Å². The standard InChI is InChI=1S/C4H7BO3S/c5-8-3-4-7-1-2-9(4)6/h4H,1-3H2/t4-,9?/m1/s1. The van der Waals surface area contributed by atoms with E-state index >= 15 is 0 Å². The van der Waals surface area contributed by atoms with Crippen molar-refractivity contribution in [2.24, 2.45) is 0 Å². The van der Waals surface area contributed by atoms with Gasteiger partial charge in [-0.15, -0.1) is 0 Å². The van der Waals surface area contributed by atoms with Crippen LogP contribution in [-0.2, 0) is 20.2 Å². The molecule has 1 fully saturated rings. The molecular formula is C4H7BO3S. The predicted octanol–water partition coefficient (Wildman–Crippen LogP) is -0.809. The molecule has 9 heavy (non-hydrogen) atoms. The van der Waals surface area contributed by atoms with Gasteiger partial charge in [-0.2, -0.15) is 0 Å². The lowest BCUT2D eigenvalue weighted by molar-refractivity contribution is 0.102. The van der Waals surface area contributed by atoms with Gasteiger partial charge in [0.25, 0.3) is 8.05 Å². The molecule has 0 saturated carbocycles. The minimum Gasteiger partial charge on any atom is -0.444 e. The fourth-order valence-corrected chi connectivity index (χ4v) is 1.67. The summed E-state index contributed by atoms with van der Waals surface area (Å²) in [4.78, 5) is 0. The van der Waals surface area contributed by atoms with Gasteiger partial charge >= 0.3 is 0 Å². The smallest absolute Gasteiger partial charge is 0.282 e. The van der Waals surface area contributed by atoms with Gasteiger partial charge in [0.15, 0.2) is 5.44 Å². The van der Waals surface area contributed by atoms with E-state index in [-0.39, 0.29) is 12.0 Å². The number of rotatable bonds is 2. The first-order valence-corrected chi connectivity index (χ1v) is 4.03. The van der Waals surface area contributed by atoms with Crippen molar-refractivity contribution < 1.29 is 13.6 Å². The van der Waals surface area contributed by atoms with E-state index < -0.39 is 10.8 Å². The molecule has 1 heterocycles. The van der Waals surface area contributed by atoms with Crippen molar-refractivity contribution in [3.8, 4) is 0 Å². The van der Waals surface area contributed by atoms with E-state index in [0.29, 0.717) is 12.4 Å². The molecule has 50 valence electrons. The van der Waals surface area contributed by atoms with Crippen LogP contribution < -0.4 is 0 Å². The molecular weight excluding hydrogens is 139 g/mol. The van der Waals surface area contributed by atoms with Crippen molar-refractivity contribution in [1.82, 2.24) is 0 Å². The topological polar surface area (TPSA) is 35.5 Å². The van der Waals surface area contributed by atoms with Crippen molar-refractivity contribution in [3.05, 3.63) is 0 Å². The molecule has 2 radical (unpaired) electrons. The van der Waals surface area contributed by atoms with Gasteiger partial charge < -0.3 is 9.39 Å². The molecule has 1 rings (SSSR count). The highest BCUT2D eigenvalue weighted by atomic mass is 32.2. The van der Waals surface area contributed by atoms with Gasteiger partial charge in [-0.3, -0.25) is 4.21 Å². The summed E-state index contributed by atoms with van der Waals surface area (Å²) in [6.07, 6.45) is 0. The van der Waals surface area contributed by atoms with Crippen LogP contribution in [0.5, 0.6) is 0 Å². The second-order valence-corrected chi connectivity index (χ2v) is 3.41. The van der Waals surface area contributed by atoms with Crippen LogP contribution >= 0.6 is 0 Å². The highest BCUT2D eigenvalue weighted by Gasteiger charge is 2.22. The third kappa shape index (κ3) is 1.77. The van der Waals surface area contributed by atoms with Crippen molar-refractivity contribution in [2.45, 2.75) is 5.44 Å². The van der Waals surface area contributed by atoms with Crippen LogP contribution in [-0.4, -0.2) is 36.7 Å². The quantitative estimate of drug-likeness (QED) is 0.478. The van der Waals surface area contributed by atoms with Gasteiger partial charge in [-0.1, -0.05) is 0 Å². The van der Waals surface area contributed by atoms with Crippen LogP contribution in [0.3, 0.4) is 0 Å². The van der Waals surface area contributed by atoms with Crippen LogP contribution in [0.1, 0.15) is 0 Å². The summed E-state index contributed by atoms with van der Waals surface area (Å²) in [7, 11) is 3.87. The number of ether oxygens (including phenoxy) is 1. The average molecular weight is 146 g/mol. The molecule has 1 aliphatic heterocycles. The van der Waals surface area contributed by atoms with E-state index in [9.17, 15) is 4.21 Å². The largest absolute Gasteiger partial charge is 0.444 e. The minimum absolute atomic E-state index is 0.229. The zero-order valence-corrected chi connectivity index (χ0v) is 5.73. The van der Waals surface area contributed by atoms with E-state index in [1.54, 1.807) is 0 Å². The van der Waals surface area contributed by atoms with Crippen molar-refractivity contribution >= 4 is 18.8 Å². The molecule has 0 N–H and O–H groups in total. The zero-order chi connectivity index (χ0) is 6.69. The Hall–Kier alpha value is 0.135. The average Bonchev–Trinajstić information content (AvgIpc) is 2.18. The van der Waals surface area contributed by atoms with Gasteiger partial charge in [0, 0.05) is 5.75 Å². The lowest BCUT2D eigenvalue weighted by Gasteiger charge is -2.04. The summed E-state index contributed by atoms with van der Waals surface area (Å²) in [5, 5.41) is 0. The van der Waals surface area contributed by atoms with E-state index in [0.717, 1.165) is 0 Å². The molecule has 2 atom stereocenters. The summed E-state index contributed by atoms with van der Waals surface area (Å²) >= 11 is 0. The molecule has 0 aromatic rings. The third-order valence-corrected chi connectivity index (χ3v) is 2.54. The van der Waals surface area contributed by atoms with E-state index in [1.807, 2.05) is 0 Å². The lowest BCUT2D eigenvalue weighted by Crippen LogP contribution is -2.17. The van der Waals surface area contributed by atoms with Crippen LogP contribution in [0.25, 0.3) is 0 Å². The van der Waals surface area contributed by atoms with Crippen molar-refractivity contribution in [3.63, 3.8) is 0 Å². The Morgan fingerprint density at radius 2 is 2.67 bits per heavy atom. The van der Waals surface area contributed by atoms with E-state index in [1.165, 1.54) is 0 Å². The maximum Gasteiger partial charge on any atom is 0.282 e. The first-order valence-electron chi connectivity index (χ1n) is 2.65. The minimum atomic E-state index is -0.888. The molecule has 1 unspecified atom stereocenters. The van der Waals surface area contributed by atoms with Gasteiger partial charge in [0.1, 0.15) is 0 Å². The highest BCUT2D eigenvalue weighted by Crippen LogP contribution is 2.07. The molecule has 3 nitrogen and oxygen atoms in total. The Morgan fingerprint density at radius 1 is 1.89 bits per heavy atom. The van der Waals surface area contributed by atoms with Crippen LogP contribution in [0, 0.1) is 0 Å². The van der Waals surface area contributed by atoms with Gasteiger partial charge in [0.05, 0.1) is 24.0 Å². The van der Waals surface area contributed by atoms with Gasteiger partial charge in [0.2, 0.25) is 0 Å². The van der Waals surface area contributed by atoms with Gasteiger partial charge in [-0.25, -0.2) is 0 Å². The Bertz CT molecular complexity index is 118. The molecule has 0 bridgehead atoms. The van der Waals surface area contributed by atoms with Crippen molar-refractivity contribution in [2.75, 3.05) is 19.0 Å². The zero-order valence-electron chi connectivity index (χ0n) is 4.91. The van der Waals surface area contributed by atoms with Crippen molar-refractivity contribution in [1.29, 1.82) is 0 Å². The molecule has 0 aromatic carbocycles. The predicted molar refractivity (Wildman–Crippen MR) is 34.5 cm³/mol. The maximum atomic E-state index is 10.8. The molecule has 1 aliphatic rings. The summed E-state index contributed by atoms with van der Waals surface area (Å²) in [5.74, 6) is 0.605. The fourth-order valence-electron chi connectivity index (χ4n) is 0.672. The molecule has 1 saturated heterocycles. The molecule has 0 aliphatic carbocycles. The normalized spacial score (nSPS) is 35.1. The Kier molecular flexibility index (Phi) is 2.69. The highest BCUT2D eigenvalue weighted by molar-refractivity contribution is 7.85. The van der Waals surface area contributed by atoms with E-state index in [2.05, 4.69) is 4.65 Å². The summed E-state index contributed by atoms with van der Waals surface area (Å²) in [6, 6.07) is 0. The second kappa shape index (κ2) is 3.34. The number of hydrogen-bond acceptors (Lipinski definition) is 3. The summed E-state index contributed by atoms with van der Waals surface area (Å²) < 4.78 is 20.1. The third-order valence-electron chi connectivity index (χ3n) is 1.11. The SMILES string of the molecule is [B]OC[C@@H]1OCCS1=O. The Morgan fingerprint density at radius 3 is 3.11 bits per heavy atom. The Balaban J connectivity index is 2.31. The van der Waals surface area contributed by atoms with Crippen LogP contribution in [0.15, 0.2) is 0 Å². The molecule has 0 aromatic heterocycles. The van der Waals surface area contributed by atoms with E-state index in [4.69, 9.17) is 12.8 Å². The van der Waals surface area contributed by atoms with Crippen LogP contribution in [0.4, 0.5) is 0 Å². The lowest BCUT2D eigenvalue weighted by atomic mass is 10.6. The summed E-state index contributed by atoms with van der Waals surface area (Å²) in [5.41, 5.74) is -0.296. The molecule has 5 heteroatoms. The molecule has 0 amide bonds. The monoisotopic (exact) mass is 146 g/mol. The summed E-state index contributed by atoms with van der Waals surface area (Å²) in [6.45, 7) is 0.785. The maximum absolute atomic E-state index is 10.8.